The van der Waals surface area contributed by atoms with Gasteiger partial charge in [-0.2, -0.15) is 4.57 Å². The van der Waals surface area contributed by atoms with Crippen molar-refractivity contribution in [2.24, 2.45) is 0 Å². The summed E-state index contributed by atoms with van der Waals surface area (Å²) in [6.45, 7) is 11.5. The summed E-state index contributed by atoms with van der Waals surface area (Å²) >= 11 is 0. The van der Waals surface area contributed by atoms with Crippen molar-refractivity contribution in [3.8, 4) is 11.3 Å². The Morgan fingerprint density at radius 2 is 1.71 bits per heavy atom. The van der Waals surface area contributed by atoms with Gasteiger partial charge in [0.1, 0.15) is 11.2 Å². The van der Waals surface area contributed by atoms with Gasteiger partial charge in [-0.3, -0.25) is 0 Å². The minimum Gasteiger partial charge on any atom is -0.455 e. The molecule has 1 unspecified atom stereocenters. The molecular weight excluding hydrogens is 342 g/mol. The van der Waals surface area contributed by atoms with Gasteiger partial charge in [0.2, 0.25) is 5.69 Å². The van der Waals surface area contributed by atoms with Crippen molar-refractivity contribution in [2.45, 2.75) is 58.9 Å². The molecule has 2 heteroatoms. The van der Waals surface area contributed by atoms with E-state index in [0.717, 1.165) is 24.0 Å². The fourth-order valence-electron chi connectivity index (χ4n) is 5.44. The highest BCUT2D eigenvalue weighted by Gasteiger charge is 2.50. The number of furan rings is 1. The molecular formula is C26H28NO+. The van der Waals surface area contributed by atoms with Crippen LogP contribution in [0.4, 0.5) is 0 Å². The van der Waals surface area contributed by atoms with Gasteiger partial charge in [0.25, 0.3) is 0 Å². The number of hydrogen-bond acceptors (Lipinski definition) is 1. The van der Waals surface area contributed by atoms with E-state index in [1.165, 1.54) is 38.7 Å². The molecule has 0 spiro atoms. The van der Waals surface area contributed by atoms with Gasteiger partial charge in [0.05, 0.1) is 5.56 Å². The van der Waals surface area contributed by atoms with Gasteiger partial charge < -0.3 is 4.42 Å². The molecule has 2 aromatic carbocycles. The minimum atomic E-state index is 0.0977. The van der Waals surface area contributed by atoms with E-state index >= 15 is 0 Å². The summed E-state index contributed by atoms with van der Waals surface area (Å²) in [5.41, 5.74) is 8.77. The Hall–Kier alpha value is -2.61. The number of aryl methyl sites for hydroxylation is 2. The monoisotopic (exact) mass is 370 g/mol. The fraction of sp³-hybridized carbons (Fsp3) is 0.346. The van der Waals surface area contributed by atoms with Gasteiger partial charge in [-0.15, -0.1) is 0 Å². The van der Waals surface area contributed by atoms with E-state index in [4.69, 9.17) is 4.42 Å². The number of benzene rings is 2. The summed E-state index contributed by atoms with van der Waals surface area (Å²) in [6.07, 6.45) is 4.60. The lowest BCUT2D eigenvalue weighted by atomic mass is 9.71. The van der Waals surface area contributed by atoms with Crippen LogP contribution in [0.25, 0.3) is 33.2 Å². The van der Waals surface area contributed by atoms with Gasteiger partial charge in [-0.25, -0.2) is 0 Å². The van der Waals surface area contributed by atoms with Crippen molar-refractivity contribution in [3.05, 3.63) is 65.4 Å². The molecule has 142 valence electrons. The van der Waals surface area contributed by atoms with Crippen LogP contribution in [-0.4, -0.2) is 0 Å². The van der Waals surface area contributed by atoms with Crippen LogP contribution in [0.3, 0.4) is 0 Å². The zero-order valence-corrected chi connectivity index (χ0v) is 17.5. The predicted molar refractivity (Wildman–Crippen MR) is 116 cm³/mol. The molecule has 0 fully saturated rings. The number of pyridine rings is 1. The molecule has 0 radical (unpaired) electrons. The first-order valence-electron chi connectivity index (χ1n) is 10.5. The maximum atomic E-state index is 6.45. The van der Waals surface area contributed by atoms with Crippen LogP contribution in [0.5, 0.6) is 0 Å². The number of aromatic nitrogens is 1. The molecule has 1 atom stereocenters. The molecule has 2 aromatic heterocycles. The van der Waals surface area contributed by atoms with Crippen LogP contribution in [0.15, 0.2) is 53.1 Å². The van der Waals surface area contributed by atoms with Crippen molar-refractivity contribution >= 4 is 21.9 Å². The fourth-order valence-corrected chi connectivity index (χ4v) is 5.44. The Morgan fingerprint density at radius 1 is 0.964 bits per heavy atom. The summed E-state index contributed by atoms with van der Waals surface area (Å²) in [4.78, 5) is 0. The van der Waals surface area contributed by atoms with Crippen LogP contribution in [0.1, 0.15) is 56.2 Å². The zero-order chi connectivity index (χ0) is 19.6. The number of nitrogens with zero attached hydrogens (tertiary/aromatic N) is 1. The van der Waals surface area contributed by atoms with E-state index in [1.54, 1.807) is 0 Å². The van der Waals surface area contributed by atoms with Gasteiger partial charge in [0.15, 0.2) is 11.7 Å². The highest BCUT2D eigenvalue weighted by atomic mass is 16.3. The van der Waals surface area contributed by atoms with E-state index in [-0.39, 0.29) is 5.54 Å². The summed E-state index contributed by atoms with van der Waals surface area (Å²) in [5, 5.41) is 2.41. The van der Waals surface area contributed by atoms with E-state index < -0.39 is 0 Å². The lowest BCUT2D eigenvalue weighted by molar-refractivity contribution is -0.762. The molecule has 3 heterocycles. The molecule has 2 nitrogen and oxygen atoms in total. The summed E-state index contributed by atoms with van der Waals surface area (Å²) in [7, 11) is 0. The van der Waals surface area contributed by atoms with Crippen molar-refractivity contribution in [1.82, 2.24) is 0 Å². The van der Waals surface area contributed by atoms with Crippen LogP contribution in [0.2, 0.25) is 0 Å². The lowest BCUT2D eigenvalue weighted by Gasteiger charge is -2.38. The molecule has 0 aliphatic carbocycles. The summed E-state index contributed by atoms with van der Waals surface area (Å²) < 4.78 is 9.01. The summed E-state index contributed by atoms with van der Waals surface area (Å²) in [6, 6.07) is 15.4. The predicted octanol–water partition coefficient (Wildman–Crippen LogP) is 6.79. The number of hydrogen-bond donors (Lipinski definition) is 0. The first-order chi connectivity index (χ1) is 13.5. The molecule has 0 bridgehead atoms. The molecule has 0 saturated heterocycles. The van der Waals surface area contributed by atoms with E-state index in [2.05, 4.69) is 87.8 Å². The Balaban J connectivity index is 1.96. The largest absolute Gasteiger partial charge is 0.455 e. The van der Waals surface area contributed by atoms with Gasteiger partial charge >= 0.3 is 0 Å². The average molecular weight is 371 g/mol. The Labute approximate surface area is 166 Å². The molecule has 1 aliphatic rings. The van der Waals surface area contributed by atoms with E-state index in [0.29, 0.717) is 5.92 Å². The highest BCUT2D eigenvalue weighted by molar-refractivity contribution is 6.09. The Kier molecular flexibility index (Phi) is 3.71. The molecule has 0 amide bonds. The lowest BCUT2D eigenvalue weighted by Crippen LogP contribution is -2.61. The Morgan fingerprint density at radius 3 is 2.46 bits per heavy atom. The highest BCUT2D eigenvalue weighted by Crippen LogP contribution is 2.48. The first kappa shape index (κ1) is 17.5. The smallest absolute Gasteiger partial charge is 0.217 e. The second-order valence-corrected chi connectivity index (χ2v) is 8.43. The van der Waals surface area contributed by atoms with E-state index in [9.17, 15) is 0 Å². The van der Waals surface area contributed by atoms with Crippen molar-refractivity contribution in [2.75, 3.05) is 0 Å². The molecule has 1 aliphatic heterocycles. The van der Waals surface area contributed by atoms with Crippen LogP contribution >= 0.6 is 0 Å². The van der Waals surface area contributed by atoms with Crippen LogP contribution < -0.4 is 4.57 Å². The van der Waals surface area contributed by atoms with Crippen molar-refractivity contribution in [3.63, 3.8) is 0 Å². The Bertz CT molecular complexity index is 1230. The molecule has 28 heavy (non-hydrogen) atoms. The molecule has 0 N–H and O–H groups in total. The molecule has 0 saturated carbocycles. The maximum absolute atomic E-state index is 6.45. The second kappa shape index (κ2) is 5.94. The third-order valence-electron chi connectivity index (χ3n) is 7.37. The quantitative estimate of drug-likeness (QED) is 0.355. The van der Waals surface area contributed by atoms with Gasteiger partial charge in [0, 0.05) is 41.2 Å². The van der Waals surface area contributed by atoms with Crippen molar-refractivity contribution < 1.29 is 8.98 Å². The average Bonchev–Trinajstić information content (AvgIpc) is 3.09. The van der Waals surface area contributed by atoms with Gasteiger partial charge in [-0.1, -0.05) is 51.1 Å². The third kappa shape index (κ3) is 2.06. The van der Waals surface area contributed by atoms with Gasteiger partial charge in [-0.05, 0) is 31.0 Å². The number of rotatable bonds is 2. The second-order valence-electron chi connectivity index (χ2n) is 8.43. The molecule has 4 aromatic rings. The van der Waals surface area contributed by atoms with Crippen LogP contribution in [-0.2, 0) is 5.54 Å². The number of para-hydroxylation sites is 1. The zero-order valence-electron chi connectivity index (χ0n) is 17.5. The first-order valence-corrected chi connectivity index (χ1v) is 10.5. The molecule has 5 rings (SSSR count). The third-order valence-corrected chi connectivity index (χ3v) is 7.37. The minimum absolute atomic E-state index is 0.0977. The topological polar surface area (TPSA) is 17.0 Å². The van der Waals surface area contributed by atoms with E-state index in [1.807, 2.05) is 0 Å². The SMILES string of the molecule is CCC1(CC)C(C)c2ccc3c(oc4ccccc43)c2-c2cc(C)c(C)c[n+]21. The maximum Gasteiger partial charge on any atom is 0.217 e. The standard InChI is InChI=1S/C26H28NO/c1-6-26(7-2)18(5)19-12-13-21-20-10-8-9-11-23(20)28-25(21)24(19)22-14-16(3)17(4)15-27(22)26/h8-15,18H,6-7H2,1-5H3/q+1. The normalized spacial score (nSPS) is 17.7. The number of fused-ring (bicyclic) bond motifs is 7. The van der Waals surface area contributed by atoms with Crippen molar-refractivity contribution in [1.29, 1.82) is 0 Å². The van der Waals surface area contributed by atoms with Crippen LogP contribution in [0, 0.1) is 13.8 Å². The summed E-state index contributed by atoms with van der Waals surface area (Å²) in [5.74, 6) is 0.426.